The van der Waals surface area contributed by atoms with Crippen LogP contribution in [0.15, 0.2) is 35.6 Å². The summed E-state index contributed by atoms with van der Waals surface area (Å²) < 4.78 is 28.5. The lowest BCUT2D eigenvalue weighted by Gasteiger charge is -2.21. The highest BCUT2D eigenvalue weighted by molar-refractivity contribution is 14.0. The largest absolute Gasteiger partial charge is 0.356 e. The highest BCUT2D eigenvalue weighted by Crippen LogP contribution is 2.11. The van der Waals surface area contributed by atoms with Gasteiger partial charge in [-0.15, -0.1) is 24.0 Å². The van der Waals surface area contributed by atoms with Gasteiger partial charge in [-0.25, -0.2) is 8.78 Å². The van der Waals surface area contributed by atoms with E-state index in [4.69, 9.17) is 0 Å². The molecule has 1 heterocycles. The van der Waals surface area contributed by atoms with Gasteiger partial charge in [-0.2, -0.15) is 5.10 Å². The molecule has 132 valence electrons. The molecule has 1 aromatic heterocycles. The van der Waals surface area contributed by atoms with E-state index in [9.17, 15) is 8.78 Å². The highest BCUT2D eigenvalue weighted by atomic mass is 127. The fourth-order valence-corrected chi connectivity index (χ4v) is 2.34. The maximum Gasteiger partial charge on any atom is 0.193 e. The molecule has 0 saturated carbocycles. The van der Waals surface area contributed by atoms with Crippen LogP contribution in [0.1, 0.15) is 11.1 Å². The number of rotatable bonds is 5. The van der Waals surface area contributed by atoms with E-state index in [0.717, 1.165) is 11.6 Å². The standard InChI is InChI=1S/C16H21F2N5.HI/c1-19-16(22(2)10-12-9-21-23(3)11-12)20-8-7-13-5-4-6-14(17)15(13)18;/h4-6,9,11H,7-8,10H2,1-3H3,(H,19,20);1H. The van der Waals surface area contributed by atoms with Crippen molar-refractivity contribution in [3.63, 3.8) is 0 Å². The first kappa shape index (κ1) is 20.3. The van der Waals surface area contributed by atoms with Gasteiger partial charge in [0.05, 0.1) is 6.20 Å². The topological polar surface area (TPSA) is 45.5 Å². The number of nitrogens with zero attached hydrogens (tertiary/aromatic N) is 4. The quantitative estimate of drug-likeness (QED) is 0.434. The van der Waals surface area contributed by atoms with E-state index in [1.807, 2.05) is 25.2 Å². The third-order valence-electron chi connectivity index (χ3n) is 3.46. The lowest BCUT2D eigenvalue weighted by molar-refractivity contribution is 0.474. The molecule has 0 unspecified atom stereocenters. The van der Waals surface area contributed by atoms with E-state index in [1.54, 1.807) is 24.0 Å². The van der Waals surface area contributed by atoms with Gasteiger partial charge in [0.15, 0.2) is 17.6 Å². The van der Waals surface area contributed by atoms with Gasteiger partial charge in [0.1, 0.15) is 0 Å². The number of nitrogens with one attached hydrogen (secondary N) is 1. The minimum absolute atomic E-state index is 0. The number of aliphatic imine (C=N–C) groups is 1. The Labute approximate surface area is 157 Å². The Morgan fingerprint density at radius 2 is 2.12 bits per heavy atom. The van der Waals surface area contributed by atoms with Crippen LogP contribution in [0.25, 0.3) is 0 Å². The smallest absolute Gasteiger partial charge is 0.193 e. The molecule has 24 heavy (non-hydrogen) atoms. The van der Waals surface area contributed by atoms with Crippen molar-refractivity contribution < 1.29 is 8.78 Å². The first-order valence-electron chi connectivity index (χ1n) is 7.33. The fourth-order valence-electron chi connectivity index (χ4n) is 2.34. The second-order valence-corrected chi connectivity index (χ2v) is 5.32. The van der Waals surface area contributed by atoms with Gasteiger partial charge in [0, 0.05) is 46.0 Å². The van der Waals surface area contributed by atoms with Gasteiger partial charge in [-0.3, -0.25) is 9.67 Å². The molecule has 0 atom stereocenters. The van der Waals surface area contributed by atoms with Crippen molar-refractivity contribution in [2.45, 2.75) is 13.0 Å². The van der Waals surface area contributed by atoms with E-state index in [0.29, 0.717) is 31.0 Å². The van der Waals surface area contributed by atoms with Crippen molar-refractivity contribution in [1.29, 1.82) is 0 Å². The van der Waals surface area contributed by atoms with Crippen molar-refractivity contribution in [2.24, 2.45) is 12.0 Å². The second kappa shape index (κ2) is 9.55. The Morgan fingerprint density at radius 3 is 2.75 bits per heavy atom. The number of benzene rings is 1. The molecule has 1 aromatic carbocycles. The Hall–Kier alpha value is -1.71. The third kappa shape index (κ3) is 5.43. The van der Waals surface area contributed by atoms with Crippen molar-refractivity contribution >= 4 is 29.9 Å². The summed E-state index contributed by atoms with van der Waals surface area (Å²) in [5.74, 6) is -0.917. The Morgan fingerprint density at radius 1 is 1.38 bits per heavy atom. The molecule has 5 nitrogen and oxygen atoms in total. The fraction of sp³-hybridized carbons (Fsp3) is 0.375. The highest BCUT2D eigenvalue weighted by Gasteiger charge is 2.10. The Bertz CT molecular complexity index is 687. The Kier molecular flexibility index (Phi) is 8.09. The average molecular weight is 449 g/mol. The molecule has 0 radical (unpaired) electrons. The van der Waals surface area contributed by atoms with E-state index in [1.165, 1.54) is 6.07 Å². The van der Waals surface area contributed by atoms with Crippen LogP contribution in [-0.4, -0.2) is 41.3 Å². The summed E-state index contributed by atoms with van der Waals surface area (Å²) in [6.07, 6.45) is 4.11. The molecule has 0 spiro atoms. The lowest BCUT2D eigenvalue weighted by atomic mass is 10.1. The summed E-state index contributed by atoms with van der Waals surface area (Å²) in [5.41, 5.74) is 1.41. The van der Waals surface area contributed by atoms with Crippen molar-refractivity contribution in [1.82, 2.24) is 20.0 Å². The molecule has 0 aliphatic rings. The third-order valence-corrected chi connectivity index (χ3v) is 3.46. The van der Waals surface area contributed by atoms with Gasteiger partial charge in [0.25, 0.3) is 0 Å². The monoisotopic (exact) mass is 449 g/mol. The van der Waals surface area contributed by atoms with E-state index < -0.39 is 11.6 Å². The molecule has 0 fully saturated rings. The molecule has 2 aromatic rings. The first-order chi connectivity index (χ1) is 11.0. The van der Waals surface area contributed by atoms with Gasteiger partial charge in [-0.1, -0.05) is 12.1 Å². The Balaban J connectivity index is 0.00000288. The van der Waals surface area contributed by atoms with E-state index in [-0.39, 0.29) is 24.0 Å². The van der Waals surface area contributed by atoms with Crippen molar-refractivity contribution in [3.8, 4) is 0 Å². The molecule has 0 bridgehead atoms. The van der Waals surface area contributed by atoms with Crippen molar-refractivity contribution in [3.05, 3.63) is 53.4 Å². The first-order valence-corrected chi connectivity index (χ1v) is 7.33. The normalized spacial score (nSPS) is 11.1. The lowest BCUT2D eigenvalue weighted by Crippen LogP contribution is -2.39. The van der Waals surface area contributed by atoms with Crippen LogP contribution in [0.5, 0.6) is 0 Å². The SMILES string of the molecule is CN=C(NCCc1cccc(F)c1F)N(C)Cc1cnn(C)c1.I. The van der Waals surface area contributed by atoms with Crippen LogP contribution in [0.2, 0.25) is 0 Å². The van der Waals surface area contributed by atoms with Crippen LogP contribution in [-0.2, 0) is 20.0 Å². The maximum absolute atomic E-state index is 13.6. The number of halogens is 3. The van der Waals surface area contributed by atoms with Crippen LogP contribution >= 0.6 is 24.0 Å². The summed E-state index contributed by atoms with van der Waals surface area (Å²) in [6.45, 7) is 1.12. The van der Waals surface area contributed by atoms with E-state index in [2.05, 4.69) is 15.4 Å². The van der Waals surface area contributed by atoms with Crippen LogP contribution < -0.4 is 5.32 Å². The summed E-state index contributed by atoms with van der Waals surface area (Å²) in [5, 5.41) is 7.28. The van der Waals surface area contributed by atoms with Gasteiger partial charge in [-0.05, 0) is 18.1 Å². The van der Waals surface area contributed by atoms with Crippen LogP contribution in [0.4, 0.5) is 8.78 Å². The molecular formula is C16H22F2IN5. The number of guanidine groups is 1. The molecule has 0 saturated heterocycles. The van der Waals surface area contributed by atoms with Gasteiger partial charge < -0.3 is 10.2 Å². The van der Waals surface area contributed by atoms with E-state index >= 15 is 0 Å². The average Bonchev–Trinajstić information content (AvgIpc) is 2.92. The molecule has 0 aliphatic heterocycles. The summed E-state index contributed by atoms with van der Waals surface area (Å²) in [4.78, 5) is 6.14. The second-order valence-electron chi connectivity index (χ2n) is 5.32. The molecule has 8 heteroatoms. The predicted molar refractivity (Wildman–Crippen MR) is 102 cm³/mol. The number of hydrogen-bond donors (Lipinski definition) is 1. The minimum Gasteiger partial charge on any atom is -0.356 e. The predicted octanol–water partition coefficient (Wildman–Crippen LogP) is 2.57. The molecular weight excluding hydrogens is 427 g/mol. The molecule has 2 rings (SSSR count). The summed E-state index contributed by atoms with van der Waals surface area (Å²) in [7, 11) is 5.46. The maximum atomic E-state index is 13.6. The van der Waals surface area contributed by atoms with Crippen LogP contribution in [0, 0.1) is 11.6 Å². The molecule has 0 amide bonds. The molecule has 1 N–H and O–H groups in total. The number of aryl methyl sites for hydroxylation is 1. The summed E-state index contributed by atoms with van der Waals surface area (Å²) >= 11 is 0. The minimum atomic E-state index is -0.819. The summed E-state index contributed by atoms with van der Waals surface area (Å²) in [6, 6.07) is 4.21. The van der Waals surface area contributed by atoms with Gasteiger partial charge in [0.2, 0.25) is 0 Å². The zero-order valence-electron chi connectivity index (χ0n) is 14.0. The van der Waals surface area contributed by atoms with Crippen molar-refractivity contribution in [2.75, 3.05) is 20.6 Å². The number of aromatic nitrogens is 2. The zero-order chi connectivity index (χ0) is 16.8. The van der Waals surface area contributed by atoms with Crippen LogP contribution in [0.3, 0.4) is 0 Å². The number of hydrogen-bond acceptors (Lipinski definition) is 2. The molecule has 0 aliphatic carbocycles. The zero-order valence-corrected chi connectivity index (χ0v) is 16.3. The van der Waals surface area contributed by atoms with Gasteiger partial charge >= 0.3 is 0 Å².